The summed E-state index contributed by atoms with van der Waals surface area (Å²) in [7, 11) is 0. The summed E-state index contributed by atoms with van der Waals surface area (Å²) in [5.74, 6) is 0. The highest BCUT2D eigenvalue weighted by molar-refractivity contribution is 6.20. The largest absolute Gasteiger partial charge is 0.360 e. The number of aromatic nitrogens is 3. The minimum atomic E-state index is 0.931. The lowest BCUT2D eigenvalue weighted by atomic mass is 10.0. The van der Waals surface area contributed by atoms with Gasteiger partial charge >= 0.3 is 0 Å². The van der Waals surface area contributed by atoms with Gasteiger partial charge in [0.25, 0.3) is 0 Å². The third-order valence-electron chi connectivity index (χ3n) is 4.27. The third kappa shape index (κ3) is 1.48. The van der Waals surface area contributed by atoms with Gasteiger partial charge in [0.2, 0.25) is 0 Å². The normalized spacial score (nSPS) is 11.6. The summed E-state index contributed by atoms with van der Waals surface area (Å²) in [5.41, 5.74) is 5.67. The summed E-state index contributed by atoms with van der Waals surface area (Å²) in [6.07, 6.45) is 3.91. The van der Waals surface area contributed by atoms with Crippen LogP contribution in [0.15, 0.2) is 67.0 Å². The zero-order valence-electron chi connectivity index (χ0n) is 11.8. The Morgan fingerprint density at radius 1 is 0.818 bits per heavy atom. The molecule has 0 fully saturated rings. The first-order chi connectivity index (χ1) is 10.9. The van der Waals surface area contributed by atoms with E-state index >= 15 is 0 Å². The Morgan fingerprint density at radius 2 is 1.73 bits per heavy atom. The van der Waals surface area contributed by atoms with Crippen molar-refractivity contribution in [1.29, 1.82) is 0 Å². The number of rotatable bonds is 1. The Kier molecular flexibility index (Phi) is 2.22. The minimum absolute atomic E-state index is 0.931. The first-order valence-electron chi connectivity index (χ1n) is 7.34. The number of fused-ring (bicyclic) bond motifs is 5. The van der Waals surface area contributed by atoms with Crippen LogP contribution in [0.3, 0.4) is 0 Å². The topological polar surface area (TPSA) is 44.5 Å². The van der Waals surface area contributed by atoms with Gasteiger partial charge in [0.05, 0.1) is 5.52 Å². The van der Waals surface area contributed by atoms with Crippen molar-refractivity contribution in [3.05, 3.63) is 67.0 Å². The molecule has 0 atom stereocenters. The molecule has 0 amide bonds. The van der Waals surface area contributed by atoms with Crippen LogP contribution in [-0.4, -0.2) is 15.0 Å². The highest BCUT2D eigenvalue weighted by Gasteiger charge is 2.12. The smallest absolute Gasteiger partial charge is 0.138 e. The lowest BCUT2D eigenvalue weighted by Crippen LogP contribution is -1.75. The molecule has 0 unspecified atom stereocenters. The van der Waals surface area contributed by atoms with E-state index in [1.54, 1.807) is 0 Å². The van der Waals surface area contributed by atoms with Gasteiger partial charge in [0, 0.05) is 39.6 Å². The summed E-state index contributed by atoms with van der Waals surface area (Å²) >= 11 is 0. The van der Waals surface area contributed by atoms with Crippen LogP contribution in [0.25, 0.3) is 44.0 Å². The Hall–Kier alpha value is -3.07. The van der Waals surface area contributed by atoms with Gasteiger partial charge in [-0.25, -0.2) is 4.98 Å². The molecule has 5 aromatic rings. The molecule has 3 nitrogen and oxygen atoms in total. The van der Waals surface area contributed by atoms with Crippen molar-refractivity contribution < 1.29 is 0 Å². The molecule has 104 valence electrons. The molecule has 0 radical (unpaired) electrons. The maximum Gasteiger partial charge on any atom is 0.138 e. The summed E-state index contributed by atoms with van der Waals surface area (Å²) in [5, 5.41) is 3.61. The van der Waals surface area contributed by atoms with Crippen LogP contribution in [-0.2, 0) is 0 Å². The van der Waals surface area contributed by atoms with Crippen molar-refractivity contribution >= 4 is 32.8 Å². The molecule has 2 N–H and O–H groups in total. The highest BCUT2D eigenvalue weighted by Crippen LogP contribution is 2.35. The number of nitrogens with one attached hydrogen (secondary N) is 2. The first-order valence-corrected chi connectivity index (χ1v) is 7.34. The predicted octanol–water partition coefficient (Wildman–Crippen LogP) is 4.86. The molecular formula is C19H13N3. The molecule has 0 aliphatic carbocycles. The molecule has 0 bridgehead atoms. The van der Waals surface area contributed by atoms with Gasteiger partial charge in [-0.2, -0.15) is 0 Å². The maximum atomic E-state index is 4.42. The standard InChI is InChI=1S/C19H13N3/c1-2-5-12(6-3-1)15-11-21-18-13(15)8-9-16-17(18)14-7-4-10-20-19(14)22-16/h1-11,21H,(H,20,22). The zero-order valence-corrected chi connectivity index (χ0v) is 11.8. The monoisotopic (exact) mass is 283 g/mol. The van der Waals surface area contributed by atoms with E-state index in [9.17, 15) is 0 Å². The van der Waals surface area contributed by atoms with Crippen LogP contribution >= 0.6 is 0 Å². The van der Waals surface area contributed by atoms with Crippen molar-refractivity contribution in [2.45, 2.75) is 0 Å². The lowest BCUT2D eigenvalue weighted by Gasteiger charge is -2.00. The fourth-order valence-electron chi connectivity index (χ4n) is 3.27. The zero-order chi connectivity index (χ0) is 14.5. The van der Waals surface area contributed by atoms with E-state index in [0.717, 1.165) is 22.1 Å². The summed E-state index contributed by atoms with van der Waals surface area (Å²) in [6.45, 7) is 0. The number of pyridine rings is 1. The number of hydrogen-bond donors (Lipinski definition) is 2. The van der Waals surface area contributed by atoms with Gasteiger partial charge in [-0.3, -0.25) is 0 Å². The van der Waals surface area contributed by atoms with Crippen molar-refractivity contribution in [3.63, 3.8) is 0 Å². The van der Waals surface area contributed by atoms with Crippen LogP contribution in [0.5, 0.6) is 0 Å². The maximum absolute atomic E-state index is 4.42. The molecule has 3 heterocycles. The van der Waals surface area contributed by atoms with Gasteiger partial charge in [-0.05, 0) is 23.8 Å². The Bertz CT molecular complexity index is 1120. The molecule has 0 aliphatic heterocycles. The van der Waals surface area contributed by atoms with E-state index in [1.165, 1.54) is 21.9 Å². The van der Waals surface area contributed by atoms with E-state index in [1.807, 2.05) is 18.3 Å². The predicted molar refractivity (Wildman–Crippen MR) is 90.9 cm³/mol. The highest BCUT2D eigenvalue weighted by atomic mass is 14.9. The van der Waals surface area contributed by atoms with E-state index < -0.39 is 0 Å². The molecular weight excluding hydrogens is 270 g/mol. The van der Waals surface area contributed by atoms with Gasteiger partial charge in [0.15, 0.2) is 0 Å². The second kappa shape index (κ2) is 4.21. The van der Waals surface area contributed by atoms with Crippen molar-refractivity contribution in [2.75, 3.05) is 0 Å². The SMILES string of the molecule is c1ccc(-c2c[nH]c3c2ccc2[nH]c4ncccc4c23)cc1. The molecule has 0 spiro atoms. The fraction of sp³-hybridized carbons (Fsp3) is 0. The van der Waals surface area contributed by atoms with Crippen molar-refractivity contribution in [3.8, 4) is 11.1 Å². The Balaban J connectivity index is 1.93. The molecule has 3 heteroatoms. The second-order valence-corrected chi connectivity index (χ2v) is 5.50. The van der Waals surface area contributed by atoms with E-state index in [-0.39, 0.29) is 0 Å². The summed E-state index contributed by atoms with van der Waals surface area (Å²) in [6, 6.07) is 18.9. The average molecular weight is 283 g/mol. The first kappa shape index (κ1) is 11.6. The number of aromatic amines is 2. The Labute approximate surface area is 126 Å². The molecule has 22 heavy (non-hydrogen) atoms. The number of H-pyrrole nitrogens is 2. The second-order valence-electron chi connectivity index (χ2n) is 5.50. The number of hydrogen-bond acceptors (Lipinski definition) is 1. The number of benzene rings is 2. The summed E-state index contributed by atoms with van der Waals surface area (Å²) in [4.78, 5) is 11.3. The van der Waals surface area contributed by atoms with E-state index in [4.69, 9.17) is 0 Å². The van der Waals surface area contributed by atoms with Crippen LogP contribution in [0, 0.1) is 0 Å². The van der Waals surface area contributed by atoms with Crippen LogP contribution in [0.4, 0.5) is 0 Å². The summed E-state index contributed by atoms with van der Waals surface area (Å²) < 4.78 is 0. The Morgan fingerprint density at radius 3 is 2.64 bits per heavy atom. The van der Waals surface area contributed by atoms with Gasteiger partial charge in [0.1, 0.15) is 5.65 Å². The van der Waals surface area contributed by atoms with Crippen molar-refractivity contribution in [1.82, 2.24) is 15.0 Å². The quantitative estimate of drug-likeness (QED) is 0.453. The molecule has 2 aromatic carbocycles. The number of nitrogens with zero attached hydrogens (tertiary/aromatic N) is 1. The van der Waals surface area contributed by atoms with E-state index in [0.29, 0.717) is 0 Å². The minimum Gasteiger partial charge on any atom is -0.360 e. The molecule has 5 rings (SSSR count). The van der Waals surface area contributed by atoms with Crippen molar-refractivity contribution in [2.24, 2.45) is 0 Å². The molecule has 0 saturated carbocycles. The van der Waals surface area contributed by atoms with Gasteiger partial charge < -0.3 is 9.97 Å². The molecule has 3 aromatic heterocycles. The average Bonchev–Trinajstić information content (AvgIpc) is 3.16. The molecule has 0 aliphatic rings. The van der Waals surface area contributed by atoms with E-state index in [2.05, 4.69) is 63.6 Å². The van der Waals surface area contributed by atoms with Gasteiger partial charge in [-0.1, -0.05) is 36.4 Å². The van der Waals surface area contributed by atoms with Crippen LogP contribution in [0.1, 0.15) is 0 Å². The molecule has 0 saturated heterocycles. The fourth-order valence-corrected chi connectivity index (χ4v) is 3.27. The lowest BCUT2D eigenvalue weighted by molar-refractivity contribution is 1.35. The van der Waals surface area contributed by atoms with Crippen LogP contribution < -0.4 is 0 Å². The van der Waals surface area contributed by atoms with Crippen LogP contribution in [0.2, 0.25) is 0 Å². The van der Waals surface area contributed by atoms with Gasteiger partial charge in [-0.15, -0.1) is 0 Å². The third-order valence-corrected chi connectivity index (χ3v) is 4.27.